The molecule has 1 unspecified atom stereocenters. The summed E-state index contributed by atoms with van der Waals surface area (Å²) in [7, 11) is 1.61. The van der Waals surface area contributed by atoms with Crippen LogP contribution >= 0.6 is 0 Å². The van der Waals surface area contributed by atoms with E-state index in [1.165, 1.54) is 0 Å². The molecule has 0 aliphatic rings. The van der Waals surface area contributed by atoms with E-state index in [9.17, 15) is 4.79 Å². The van der Waals surface area contributed by atoms with Gasteiger partial charge in [-0.25, -0.2) is 0 Å². The zero-order valence-electron chi connectivity index (χ0n) is 11.6. The summed E-state index contributed by atoms with van der Waals surface area (Å²) in [6, 6.07) is -0.213. The minimum absolute atomic E-state index is 0.0159. The van der Waals surface area contributed by atoms with E-state index in [4.69, 9.17) is 9.47 Å². The van der Waals surface area contributed by atoms with Gasteiger partial charge in [0.2, 0.25) is 5.91 Å². The van der Waals surface area contributed by atoms with Gasteiger partial charge >= 0.3 is 0 Å². The van der Waals surface area contributed by atoms with Crippen molar-refractivity contribution in [2.45, 2.75) is 39.3 Å². The molecule has 0 aromatic heterocycles. The summed E-state index contributed by atoms with van der Waals surface area (Å²) in [5.74, 6) is -0.0159. The molecule has 0 saturated carbocycles. The Morgan fingerprint density at radius 1 is 1.24 bits per heavy atom. The lowest BCUT2D eigenvalue weighted by atomic mass is 10.2. The molecule has 5 heteroatoms. The lowest BCUT2D eigenvalue weighted by Crippen LogP contribution is -2.44. The summed E-state index contributed by atoms with van der Waals surface area (Å²) in [5, 5.41) is 5.88. The van der Waals surface area contributed by atoms with Crippen LogP contribution in [0.4, 0.5) is 0 Å². The molecule has 0 bridgehead atoms. The standard InChI is InChI=1S/C12H26N2O3/c1-10(11(15)14-6-8-16-5)13-7-9-17-12(2,3)4/h10,13H,6-9H2,1-5H3,(H,14,15). The molecule has 0 aliphatic heterocycles. The molecule has 1 atom stereocenters. The Morgan fingerprint density at radius 3 is 2.41 bits per heavy atom. The van der Waals surface area contributed by atoms with Crippen molar-refractivity contribution in [2.75, 3.05) is 33.4 Å². The number of methoxy groups -OCH3 is 1. The van der Waals surface area contributed by atoms with Crippen molar-refractivity contribution >= 4 is 5.91 Å². The third-order valence-corrected chi connectivity index (χ3v) is 2.09. The Hall–Kier alpha value is -0.650. The molecule has 1 amide bonds. The van der Waals surface area contributed by atoms with Gasteiger partial charge < -0.3 is 20.1 Å². The van der Waals surface area contributed by atoms with Crippen molar-refractivity contribution in [3.05, 3.63) is 0 Å². The van der Waals surface area contributed by atoms with Gasteiger partial charge in [-0.1, -0.05) is 0 Å². The highest BCUT2D eigenvalue weighted by Crippen LogP contribution is 2.05. The first-order chi connectivity index (χ1) is 7.87. The molecule has 5 nitrogen and oxygen atoms in total. The minimum Gasteiger partial charge on any atom is -0.383 e. The molecular weight excluding hydrogens is 220 g/mol. The highest BCUT2D eigenvalue weighted by atomic mass is 16.5. The Balaban J connectivity index is 3.57. The zero-order chi connectivity index (χ0) is 13.3. The first kappa shape index (κ1) is 16.4. The van der Waals surface area contributed by atoms with Crippen LogP contribution in [0.5, 0.6) is 0 Å². The molecule has 0 heterocycles. The van der Waals surface area contributed by atoms with E-state index < -0.39 is 0 Å². The topological polar surface area (TPSA) is 59.6 Å². The van der Waals surface area contributed by atoms with E-state index in [1.807, 2.05) is 27.7 Å². The number of ether oxygens (including phenoxy) is 2. The second kappa shape index (κ2) is 8.44. The molecule has 0 radical (unpaired) electrons. The van der Waals surface area contributed by atoms with Crippen LogP contribution in [0.3, 0.4) is 0 Å². The number of nitrogens with one attached hydrogen (secondary N) is 2. The highest BCUT2D eigenvalue weighted by Gasteiger charge is 2.12. The third kappa shape index (κ3) is 10.2. The highest BCUT2D eigenvalue weighted by molar-refractivity contribution is 5.81. The van der Waals surface area contributed by atoms with Crippen LogP contribution in [-0.2, 0) is 14.3 Å². The molecule has 0 spiro atoms. The van der Waals surface area contributed by atoms with Gasteiger partial charge in [0.1, 0.15) is 0 Å². The summed E-state index contributed by atoms with van der Waals surface area (Å²) in [4.78, 5) is 11.5. The molecule has 0 aromatic carbocycles. The Kier molecular flexibility index (Phi) is 8.12. The first-order valence-corrected chi connectivity index (χ1v) is 6.01. The average Bonchev–Trinajstić information content (AvgIpc) is 2.23. The SMILES string of the molecule is COCCNC(=O)C(C)NCCOC(C)(C)C. The molecule has 0 fully saturated rings. The summed E-state index contributed by atoms with van der Waals surface area (Å²) < 4.78 is 10.4. The lowest BCUT2D eigenvalue weighted by molar-refractivity contribution is -0.123. The molecule has 0 aromatic rings. The van der Waals surface area contributed by atoms with E-state index >= 15 is 0 Å². The Bertz CT molecular complexity index is 214. The molecule has 102 valence electrons. The van der Waals surface area contributed by atoms with Crippen molar-refractivity contribution in [3.63, 3.8) is 0 Å². The predicted octanol–water partition coefficient (Wildman–Crippen LogP) is 0.542. The van der Waals surface area contributed by atoms with E-state index in [2.05, 4.69) is 10.6 Å². The number of carbonyl (C=O) groups is 1. The van der Waals surface area contributed by atoms with Crippen molar-refractivity contribution in [2.24, 2.45) is 0 Å². The van der Waals surface area contributed by atoms with Gasteiger partial charge in [-0.2, -0.15) is 0 Å². The van der Waals surface area contributed by atoms with Crippen LogP contribution in [0, 0.1) is 0 Å². The summed E-state index contributed by atoms with van der Waals surface area (Å²) in [6.45, 7) is 10.2. The van der Waals surface area contributed by atoms with E-state index in [0.29, 0.717) is 26.3 Å². The van der Waals surface area contributed by atoms with Gasteiger partial charge in [-0.15, -0.1) is 0 Å². The Labute approximate surface area is 104 Å². The molecule has 0 aliphatic carbocycles. The number of carbonyl (C=O) groups excluding carboxylic acids is 1. The lowest BCUT2D eigenvalue weighted by Gasteiger charge is -2.20. The monoisotopic (exact) mass is 246 g/mol. The molecule has 2 N–H and O–H groups in total. The minimum atomic E-state index is -0.213. The number of hydrogen-bond donors (Lipinski definition) is 2. The summed E-state index contributed by atoms with van der Waals surface area (Å²) in [6.07, 6.45) is 0. The van der Waals surface area contributed by atoms with Gasteiger partial charge in [-0.05, 0) is 27.7 Å². The quantitative estimate of drug-likeness (QED) is 0.614. The maximum absolute atomic E-state index is 11.5. The molecule has 0 rings (SSSR count). The zero-order valence-corrected chi connectivity index (χ0v) is 11.6. The normalized spacial score (nSPS) is 13.5. The van der Waals surface area contributed by atoms with Crippen molar-refractivity contribution in [3.8, 4) is 0 Å². The van der Waals surface area contributed by atoms with Gasteiger partial charge in [0.05, 0.1) is 24.9 Å². The Morgan fingerprint density at radius 2 is 1.88 bits per heavy atom. The van der Waals surface area contributed by atoms with Gasteiger partial charge in [-0.3, -0.25) is 4.79 Å². The third-order valence-electron chi connectivity index (χ3n) is 2.09. The second-order valence-corrected chi connectivity index (χ2v) is 4.92. The fraction of sp³-hybridized carbons (Fsp3) is 0.917. The maximum Gasteiger partial charge on any atom is 0.236 e. The molecule has 17 heavy (non-hydrogen) atoms. The largest absolute Gasteiger partial charge is 0.383 e. The molecular formula is C12H26N2O3. The van der Waals surface area contributed by atoms with Crippen LogP contribution in [0.15, 0.2) is 0 Å². The first-order valence-electron chi connectivity index (χ1n) is 6.01. The second-order valence-electron chi connectivity index (χ2n) is 4.92. The fourth-order valence-electron chi connectivity index (χ4n) is 1.15. The molecule has 0 saturated heterocycles. The van der Waals surface area contributed by atoms with Crippen molar-refractivity contribution < 1.29 is 14.3 Å². The van der Waals surface area contributed by atoms with Crippen LogP contribution < -0.4 is 10.6 Å². The predicted molar refractivity (Wildman–Crippen MR) is 68.1 cm³/mol. The summed E-state index contributed by atoms with van der Waals surface area (Å²) >= 11 is 0. The van der Waals surface area contributed by atoms with Gasteiger partial charge in [0, 0.05) is 20.2 Å². The maximum atomic E-state index is 11.5. The number of rotatable bonds is 8. The van der Waals surface area contributed by atoms with Crippen LogP contribution in [0.1, 0.15) is 27.7 Å². The van der Waals surface area contributed by atoms with Crippen molar-refractivity contribution in [1.29, 1.82) is 0 Å². The number of hydrogen-bond acceptors (Lipinski definition) is 4. The van der Waals surface area contributed by atoms with Crippen LogP contribution in [-0.4, -0.2) is 51.0 Å². The van der Waals surface area contributed by atoms with Gasteiger partial charge in [0.15, 0.2) is 0 Å². The smallest absolute Gasteiger partial charge is 0.236 e. The van der Waals surface area contributed by atoms with E-state index in [0.717, 1.165) is 0 Å². The van der Waals surface area contributed by atoms with Gasteiger partial charge in [0.25, 0.3) is 0 Å². The van der Waals surface area contributed by atoms with Crippen LogP contribution in [0.2, 0.25) is 0 Å². The number of amides is 1. The van der Waals surface area contributed by atoms with Crippen LogP contribution in [0.25, 0.3) is 0 Å². The van der Waals surface area contributed by atoms with E-state index in [-0.39, 0.29) is 17.6 Å². The average molecular weight is 246 g/mol. The summed E-state index contributed by atoms with van der Waals surface area (Å²) in [5.41, 5.74) is -0.133. The fourth-order valence-corrected chi connectivity index (χ4v) is 1.15. The van der Waals surface area contributed by atoms with Crippen molar-refractivity contribution in [1.82, 2.24) is 10.6 Å². The van der Waals surface area contributed by atoms with E-state index in [1.54, 1.807) is 7.11 Å².